The Labute approximate surface area is 129 Å². The maximum Gasteiger partial charge on any atom is 0.152 e. The van der Waals surface area contributed by atoms with Crippen molar-refractivity contribution in [1.29, 1.82) is 0 Å². The van der Waals surface area contributed by atoms with Crippen molar-refractivity contribution in [1.82, 2.24) is 5.32 Å². The molecule has 118 valence electrons. The lowest BCUT2D eigenvalue weighted by Crippen LogP contribution is -2.40. The topological polar surface area (TPSA) is 38.3 Å². The quantitative estimate of drug-likeness (QED) is 0.757. The number of carbonyl (C=O) groups excluding carboxylic acids is 1. The Morgan fingerprint density at radius 3 is 2.24 bits per heavy atom. The molecule has 0 radical (unpaired) electrons. The minimum absolute atomic E-state index is 0.0581. The first-order valence-corrected chi connectivity index (χ1v) is 7.92. The van der Waals surface area contributed by atoms with E-state index < -0.39 is 0 Å². The van der Waals surface area contributed by atoms with Gasteiger partial charge < -0.3 is 10.1 Å². The highest BCUT2D eigenvalue weighted by Gasteiger charge is 2.20. The van der Waals surface area contributed by atoms with Crippen LogP contribution in [0.4, 0.5) is 0 Å². The van der Waals surface area contributed by atoms with Gasteiger partial charge in [-0.2, -0.15) is 0 Å². The zero-order chi connectivity index (χ0) is 15.8. The van der Waals surface area contributed by atoms with E-state index in [9.17, 15) is 4.79 Å². The van der Waals surface area contributed by atoms with Gasteiger partial charge in [0, 0.05) is 5.92 Å². The highest BCUT2D eigenvalue weighted by Crippen LogP contribution is 2.15. The second-order valence-corrected chi connectivity index (χ2v) is 6.22. The molecule has 1 atom stereocenters. The number of nitrogens with one attached hydrogen (secondary N) is 1. The number of carbonyl (C=O) groups is 1. The van der Waals surface area contributed by atoms with E-state index in [2.05, 4.69) is 19.2 Å². The number of ketones is 1. The molecule has 1 aromatic carbocycles. The molecule has 0 aliphatic rings. The second-order valence-electron chi connectivity index (χ2n) is 6.22. The van der Waals surface area contributed by atoms with Gasteiger partial charge in [0.15, 0.2) is 5.78 Å². The Bertz CT molecular complexity index is 423. The van der Waals surface area contributed by atoms with Crippen LogP contribution in [0.3, 0.4) is 0 Å². The van der Waals surface area contributed by atoms with Gasteiger partial charge in [-0.1, -0.05) is 46.8 Å². The highest BCUT2D eigenvalue weighted by molar-refractivity contribution is 5.86. The van der Waals surface area contributed by atoms with Crippen LogP contribution in [0, 0.1) is 11.8 Å². The zero-order valence-corrected chi connectivity index (χ0v) is 14.0. The van der Waals surface area contributed by atoms with Crippen molar-refractivity contribution in [3.63, 3.8) is 0 Å². The summed E-state index contributed by atoms with van der Waals surface area (Å²) in [5.41, 5.74) is 1.16. The van der Waals surface area contributed by atoms with Crippen LogP contribution in [-0.2, 0) is 11.2 Å². The molecule has 21 heavy (non-hydrogen) atoms. The fourth-order valence-corrected chi connectivity index (χ4v) is 2.14. The van der Waals surface area contributed by atoms with Gasteiger partial charge >= 0.3 is 0 Å². The van der Waals surface area contributed by atoms with E-state index in [1.165, 1.54) is 0 Å². The first kappa shape index (κ1) is 17.7. The fraction of sp³-hybridized carbons (Fsp3) is 0.611. The van der Waals surface area contributed by atoms with Gasteiger partial charge in [0.25, 0.3) is 0 Å². The predicted molar refractivity (Wildman–Crippen MR) is 87.8 cm³/mol. The number of hydrogen-bond acceptors (Lipinski definition) is 3. The number of ether oxygens (including phenoxy) is 1. The maximum absolute atomic E-state index is 12.2. The minimum Gasteiger partial charge on any atom is -0.493 e. The molecule has 0 saturated carbocycles. The van der Waals surface area contributed by atoms with Crippen molar-refractivity contribution < 1.29 is 9.53 Å². The van der Waals surface area contributed by atoms with E-state index in [1.54, 1.807) is 0 Å². The van der Waals surface area contributed by atoms with E-state index in [0.717, 1.165) is 30.9 Å². The zero-order valence-electron chi connectivity index (χ0n) is 14.0. The van der Waals surface area contributed by atoms with Gasteiger partial charge in [-0.3, -0.25) is 4.79 Å². The predicted octanol–water partition coefficient (Wildman–Crippen LogP) is 3.47. The fourth-order valence-electron chi connectivity index (χ4n) is 2.14. The lowest BCUT2D eigenvalue weighted by atomic mass is 9.95. The average molecular weight is 291 g/mol. The molecule has 0 amide bonds. The van der Waals surface area contributed by atoms with Crippen LogP contribution in [0.1, 0.15) is 40.2 Å². The van der Waals surface area contributed by atoms with Crippen LogP contribution in [0.15, 0.2) is 24.3 Å². The largest absolute Gasteiger partial charge is 0.493 e. The van der Waals surface area contributed by atoms with Crippen LogP contribution < -0.4 is 10.1 Å². The third kappa shape index (κ3) is 6.30. The molecule has 0 aromatic heterocycles. The second kappa shape index (κ2) is 8.83. The Balaban J connectivity index is 2.65. The summed E-state index contributed by atoms with van der Waals surface area (Å²) in [6.07, 6.45) is 0.731. The van der Waals surface area contributed by atoms with Crippen molar-refractivity contribution >= 4 is 5.78 Å². The third-order valence-corrected chi connectivity index (χ3v) is 3.31. The average Bonchev–Trinajstić information content (AvgIpc) is 2.45. The number of benzene rings is 1. The highest BCUT2D eigenvalue weighted by atomic mass is 16.5. The lowest BCUT2D eigenvalue weighted by Gasteiger charge is -2.19. The van der Waals surface area contributed by atoms with Gasteiger partial charge in [-0.05, 0) is 36.6 Å². The SMILES string of the molecule is CCNC(Cc1ccc(OCC(C)C)cc1)C(=O)C(C)C. The molecule has 1 N–H and O–H groups in total. The number of Topliss-reactive ketones (excluding diaryl/α,β-unsaturated/α-hetero) is 1. The normalized spacial score (nSPS) is 12.7. The van der Waals surface area contributed by atoms with E-state index >= 15 is 0 Å². The molecule has 0 heterocycles. The molecule has 3 heteroatoms. The van der Waals surface area contributed by atoms with Crippen molar-refractivity contribution in [2.45, 2.75) is 47.1 Å². The van der Waals surface area contributed by atoms with Crippen molar-refractivity contribution in [2.75, 3.05) is 13.2 Å². The summed E-state index contributed by atoms with van der Waals surface area (Å²) in [6, 6.07) is 7.97. The summed E-state index contributed by atoms with van der Waals surface area (Å²) < 4.78 is 5.68. The Hall–Kier alpha value is -1.35. The molecule has 3 nitrogen and oxygen atoms in total. The summed E-state index contributed by atoms with van der Waals surface area (Å²) in [5, 5.41) is 3.29. The Morgan fingerprint density at radius 2 is 1.76 bits per heavy atom. The van der Waals surface area contributed by atoms with Crippen molar-refractivity contribution in [3.8, 4) is 5.75 Å². The van der Waals surface area contributed by atoms with Crippen LogP contribution in [-0.4, -0.2) is 25.0 Å². The summed E-state index contributed by atoms with van der Waals surface area (Å²) in [4.78, 5) is 12.2. The molecule has 0 fully saturated rings. The summed E-state index contributed by atoms with van der Waals surface area (Å²) in [5.74, 6) is 1.74. The van der Waals surface area contributed by atoms with E-state index in [0.29, 0.717) is 5.92 Å². The molecule has 0 aliphatic carbocycles. The molecule has 0 aliphatic heterocycles. The summed E-state index contributed by atoms with van der Waals surface area (Å²) in [7, 11) is 0. The first-order valence-electron chi connectivity index (χ1n) is 7.92. The van der Waals surface area contributed by atoms with E-state index in [1.807, 2.05) is 45.0 Å². The van der Waals surface area contributed by atoms with Crippen molar-refractivity contribution in [3.05, 3.63) is 29.8 Å². The van der Waals surface area contributed by atoms with Crippen LogP contribution in [0.25, 0.3) is 0 Å². The first-order chi connectivity index (χ1) is 9.93. The monoisotopic (exact) mass is 291 g/mol. The smallest absolute Gasteiger partial charge is 0.152 e. The lowest BCUT2D eigenvalue weighted by molar-refractivity contribution is -0.123. The number of likely N-dealkylation sites (N-methyl/N-ethyl adjacent to an activating group) is 1. The molecule has 0 bridgehead atoms. The summed E-state index contributed by atoms with van der Waals surface area (Å²) >= 11 is 0. The Kier molecular flexibility index (Phi) is 7.44. The van der Waals surface area contributed by atoms with Crippen LogP contribution in [0.2, 0.25) is 0 Å². The Morgan fingerprint density at radius 1 is 1.14 bits per heavy atom. The van der Waals surface area contributed by atoms with Gasteiger partial charge in [-0.15, -0.1) is 0 Å². The number of hydrogen-bond donors (Lipinski definition) is 1. The molecule has 0 spiro atoms. The molecule has 0 saturated heterocycles. The molecular weight excluding hydrogens is 262 g/mol. The maximum atomic E-state index is 12.2. The van der Waals surface area contributed by atoms with Crippen LogP contribution >= 0.6 is 0 Å². The van der Waals surface area contributed by atoms with Crippen LogP contribution in [0.5, 0.6) is 5.75 Å². The molecule has 1 unspecified atom stereocenters. The van der Waals surface area contributed by atoms with Gasteiger partial charge in [0.1, 0.15) is 5.75 Å². The van der Waals surface area contributed by atoms with Gasteiger partial charge in [-0.25, -0.2) is 0 Å². The van der Waals surface area contributed by atoms with E-state index in [4.69, 9.17) is 4.74 Å². The van der Waals surface area contributed by atoms with Gasteiger partial charge in [0.2, 0.25) is 0 Å². The standard InChI is InChI=1S/C18H29NO2/c1-6-19-17(18(20)14(4)5)11-15-7-9-16(10-8-15)21-12-13(2)3/h7-10,13-14,17,19H,6,11-12H2,1-5H3. The summed E-state index contributed by atoms with van der Waals surface area (Å²) in [6.45, 7) is 11.7. The molecular formula is C18H29NO2. The molecule has 1 aromatic rings. The third-order valence-electron chi connectivity index (χ3n) is 3.31. The van der Waals surface area contributed by atoms with Crippen molar-refractivity contribution in [2.24, 2.45) is 11.8 Å². The van der Waals surface area contributed by atoms with Gasteiger partial charge in [0.05, 0.1) is 12.6 Å². The number of rotatable bonds is 9. The van der Waals surface area contributed by atoms with E-state index in [-0.39, 0.29) is 17.7 Å². The molecule has 1 rings (SSSR count). The minimum atomic E-state index is -0.0996.